The molecule has 0 spiro atoms. The van der Waals surface area contributed by atoms with E-state index in [1.165, 1.54) is 18.3 Å². The number of rotatable bonds is 2. The maximum atomic E-state index is 11.9. The van der Waals surface area contributed by atoms with Gasteiger partial charge in [-0.3, -0.25) is 4.98 Å². The Kier molecular flexibility index (Phi) is 2.24. The quantitative estimate of drug-likeness (QED) is 0.650. The van der Waals surface area contributed by atoms with Crippen molar-refractivity contribution in [1.82, 2.24) is 4.98 Å². The molecule has 0 aliphatic rings. The molecule has 0 unspecified atom stereocenters. The van der Waals surface area contributed by atoms with Gasteiger partial charge in [-0.05, 0) is 12.1 Å². The van der Waals surface area contributed by atoms with E-state index in [2.05, 4.69) is 21.3 Å². The zero-order valence-corrected chi connectivity index (χ0v) is 6.05. The van der Waals surface area contributed by atoms with Crippen LogP contribution in [-0.4, -0.2) is 10.6 Å². The number of ether oxygens (including phenoxy) is 1. The van der Waals surface area contributed by atoms with Gasteiger partial charge in [0, 0.05) is 17.8 Å². The lowest BCUT2D eigenvalue weighted by Gasteiger charge is -2.08. The fraction of sp³-hybridized carbons (Fsp3) is 0.167. The van der Waals surface area contributed by atoms with Crippen LogP contribution in [0.5, 0.6) is 5.75 Å². The first-order valence-corrected chi connectivity index (χ1v) is 3.11. The third-order valence-electron chi connectivity index (χ3n) is 0.868. The molecule has 0 bridgehead atoms. The van der Waals surface area contributed by atoms with Crippen LogP contribution in [0.1, 0.15) is 0 Å². The summed E-state index contributed by atoms with van der Waals surface area (Å²) >= 11 is 4.48. The van der Waals surface area contributed by atoms with Gasteiger partial charge in [-0.25, -0.2) is 0 Å². The van der Waals surface area contributed by atoms with E-state index < -0.39 is 5.57 Å². The zero-order valence-electron chi connectivity index (χ0n) is 5.30. The standard InChI is InChI=1S/C6H4ClF2NO/c7-6(8,9)11-5-2-1-3-10-4-5/h1-4H. The molecule has 0 radical (unpaired) electrons. The SMILES string of the molecule is FC(F)(Cl)Oc1cccnc1. The highest BCUT2D eigenvalue weighted by molar-refractivity contribution is 6.20. The minimum atomic E-state index is -3.66. The Morgan fingerprint density at radius 2 is 2.27 bits per heavy atom. The van der Waals surface area contributed by atoms with Crippen LogP contribution in [0, 0.1) is 0 Å². The summed E-state index contributed by atoms with van der Waals surface area (Å²) < 4.78 is 27.8. The Labute approximate surface area is 66.8 Å². The molecule has 1 aromatic heterocycles. The zero-order chi connectivity index (χ0) is 8.32. The van der Waals surface area contributed by atoms with E-state index >= 15 is 0 Å². The maximum absolute atomic E-state index is 11.9. The summed E-state index contributed by atoms with van der Waals surface area (Å²) in [6.07, 6.45) is 2.59. The van der Waals surface area contributed by atoms with Crippen LogP contribution in [0.25, 0.3) is 0 Å². The van der Waals surface area contributed by atoms with Gasteiger partial charge in [0.15, 0.2) is 0 Å². The lowest BCUT2D eigenvalue weighted by atomic mass is 10.5. The van der Waals surface area contributed by atoms with E-state index in [9.17, 15) is 8.78 Å². The first-order valence-electron chi connectivity index (χ1n) is 2.74. The Morgan fingerprint density at radius 3 is 2.73 bits per heavy atom. The minimum absolute atomic E-state index is 0.0625. The van der Waals surface area contributed by atoms with Crippen molar-refractivity contribution in [2.24, 2.45) is 0 Å². The fourth-order valence-corrected chi connectivity index (χ4v) is 0.630. The van der Waals surface area contributed by atoms with Gasteiger partial charge in [-0.1, -0.05) is 0 Å². The average molecular weight is 180 g/mol. The molecule has 1 aromatic rings. The second kappa shape index (κ2) is 3.00. The molecule has 0 saturated heterocycles. The van der Waals surface area contributed by atoms with Crippen molar-refractivity contribution in [3.05, 3.63) is 24.5 Å². The van der Waals surface area contributed by atoms with Crippen LogP contribution in [0.2, 0.25) is 0 Å². The van der Waals surface area contributed by atoms with E-state index in [-0.39, 0.29) is 5.75 Å². The van der Waals surface area contributed by atoms with Gasteiger partial charge >= 0.3 is 5.57 Å². The predicted octanol–water partition coefficient (Wildman–Crippen LogP) is 2.25. The number of nitrogens with zero attached hydrogens (tertiary/aromatic N) is 1. The molecular weight excluding hydrogens is 176 g/mol. The minimum Gasteiger partial charge on any atom is -0.418 e. The van der Waals surface area contributed by atoms with Gasteiger partial charge in [-0.2, -0.15) is 0 Å². The number of alkyl halides is 3. The van der Waals surface area contributed by atoms with Crippen LogP contribution >= 0.6 is 11.6 Å². The molecule has 11 heavy (non-hydrogen) atoms. The molecule has 0 fully saturated rings. The summed E-state index contributed by atoms with van der Waals surface area (Å²) in [7, 11) is 0. The van der Waals surface area contributed by atoms with Gasteiger partial charge in [0.2, 0.25) is 0 Å². The van der Waals surface area contributed by atoms with Gasteiger partial charge in [-0.15, -0.1) is 8.78 Å². The molecule has 0 aliphatic carbocycles. The topological polar surface area (TPSA) is 22.1 Å². The van der Waals surface area contributed by atoms with Crippen molar-refractivity contribution in [2.45, 2.75) is 5.57 Å². The molecule has 1 rings (SSSR count). The first-order chi connectivity index (χ1) is 5.08. The van der Waals surface area contributed by atoms with Crippen molar-refractivity contribution < 1.29 is 13.5 Å². The number of pyridine rings is 1. The van der Waals surface area contributed by atoms with Crippen molar-refractivity contribution in [1.29, 1.82) is 0 Å². The summed E-state index contributed by atoms with van der Waals surface area (Å²) in [5.74, 6) is -0.0625. The van der Waals surface area contributed by atoms with Gasteiger partial charge in [0.05, 0.1) is 6.20 Å². The van der Waals surface area contributed by atoms with Crippen LogP contribution in [0.15, 0.2) is 24.5 Å². The third-order valence-corrected chi connectivity index (χ3v) is 0.945. The summed E-state index contributed by atoms with van der Waals surface area (Å²) in [6.45, 7) is 0. The second-order valence-corrected chi connectivity index (χ2v) is 2.18. The number of hydrogen-bond donors (Lipinski definition) is 0. The van der Waals surface area contributed by atoms with Crippen LogP contribution in [0.4, 0.5) is 8.78 Å². The molecule has 0 N–H and O–H groups in total. The summed E-state index contributed by atoms with van der Waals surface area (Å²) in [5.41, 5.74) is -3.66. The number of halogens is 3. The van der Waals surface area contributed by atoms with E-state index in [1.54, 1.807) is 0 Å². The lowest BCUT2D eigenvalue weighted by molar-refractivity contribution is -0.0966. The second-order valence-electron chi connectivity index (χ2n) is 1.74. The normalized spacial score (nSPS) is 11.2. The Balaban J connectivity index is 2.66. The molecule has 0 atom stereocenters. The largest absolute Gasteiger partial charge is 0.487 e. The maximum Gasteiger partial charge on any atom is 0.487 e. The highest BCUT2D eigenvalue weighted by atomic mass is 35.5. The average Bonchev–Trinajstić information content (AvgIpc) is 1.85. The van der Waals surface area contributed by atoms with E-state index in [0.29, 0.717) is 0 Å². The predicted molar refractivity (Wildman–Crippen MR) is 35.7 cm³/mol. The van der Waals surface area contributed by atoms with Gasteiger partial charge in [0.1, 0.15) is 5.75 Å². The molecule has 0 aliphatic heterocycles. The summed E-state index contributed by atoms with van der Waals surface area (Å²) in [5, 5.41) is 0. The Bertz CT molecular complexity index is 224. The monoisotopic (exact) mass is 179 g/mol. The van der Waals surface area contributed by atoms with Gasteiger partial charge < -0.3 is 4.74 Å². The molecular formula is C6H4ClF2NO. The van der Waals surface area contributed by atoms with Crippen LogP contribution in [0.3, 0.4) is 0 Å². The van der Waals surface area contributed by atoms with Crippen molar-refractivity contribution in [3.63, 3.8) is 0 Å². The molecule has 2 nitrogen and oxygen atoms in total. The van der Waals surface area contributed by atoms with Gasteiger partial charge in [0.25, 0.3) is 0 Å². The Morgan fingerprint density at radius 1 is 1.55 bits per heavy atom. The highest BCUT2D eigenvalue weighted by Crippen LogP contribution is 2.23. The Hall–Kier alpha value is -0.900. The van der Waals surface area contributed by atoms with Crippen molar-refractivity contribution in [2.75, 3.05) is 0 Å². The third kappa shape index (κ3) is 3.13. The molecule has 5 heteroatoms. The summed E-state index contributed by atoms with van der Waals surface area (Å²) in [4.78, 5) is 3.55. The first kappa shape index (κ1) is 8.20. The molecule has 60 valence electrons. The molecule has 0 amide bonds. The van der Waals surface area contributed by atoms with E-state index in [4.69, 9.17) is 0 Å². The molecule has 1 heterocycles. The van der Waals surface area contributed by atoms with Crippen LogP contribution in [-0.2, 0) is 0 Å². The molecule has 0 saturated carbocycles. The smallest absolute Gasteiger partial charge is 0.418 e. The van der Waals surface area contributed by atoms with Crippen molar-refractivity contribution in [3.8, 4) is 5.75 Å². The van der Waals surface area contributed by atoms with E-state index in [0.717, 1.165) is 6.20 Å². The fourth-order valence-electron chi connectivity index (χ4n) is 0.541. The number of aromatic nitrogens is 1. The highest BCUT2D eigenvalue weighted by Gasteiger charge is 2.27. The lowest BCUT2D eigenvalue weighted by Crippen LogP contribution is -2.15. The van der Waals surface area contributed by atoms with Crippen molar-refractivity contribution >= 4 is 11.6 Å². The van der Waals surface area contributed by atoms with E-state index in [1.807, 2.05) is 0 Å². The van der Waals surface area contributed by atoms with Crippen LogP contribution < -0.4 is 4.74 Å². The molecule has 0 aromatic carbocycles. The number of hydrogen-bond acceptors (Lipinski definition) is 2. The summed E-state index contributed by atoms with van der Waals surface area (Å²) in [6, 6.07) is 2.81.